The number of carbonyl (C=O) groups excluding carboxylic acids is 2. The quantitative estimate of drug-likeness (QED) is 0.756. The van der Waals surface area contributed by atoms with Crippen molar-refractivity contribution in [2.24, 2.45) is 5.92 Å². The van der Waals surface area contributed by atoms with Crippen LogP contribution in [0.3, 0.4) is 0 Å². The molecule has 0 aliphatic carbocycles. The number of likely N-dealkylation sites (tertiary alicyclic amines) is 1. The Morgan fingerprint density at radius 1 is 1.35 bits per heavy atom. The van der Waals surface area contributed by atoms with Gasteiger partial charge in [0.1, 0.15) is 0 Å². The molecule has 0 radical (unpaired) electrons. The predicted octanol–water partition coefficient (Wildman–Crippen LogP) is 1.07. The van der Waals surface area contributed by atoms with Gasteiger partial charge in [-0.15, -0.1) is 0 Å². The molecule has 1 aromatic heterocycles. The van der Waals surface area contributed by atoms with Crippen LogP contribution in [0.5, 0.6) is 0 Å². The van der Waals surface area contributed by atoms with Gasteiger partial charge in [-0.05, 0) is 25.8 Å². The summed E-state index contributed by atoms with van der Waals surface area (Å²) in [4.78, 5) is 25.5. The normalized spacial score (nSPS) is 16.1. The van der Waals surface area contributed by atoms with Gasteiger partial charge in [-0.2, -0.15) is 5.10 Å². The lowest BCUT2D eigenvalue weighted by Crippen LogP contribution is -2.40. The van der Waals surface area contributed by atoms with Gasteiger partial charge in [-0.25, -0.2) is 0 Å². The molecule has 1 saturated heterocycles. The molecule has 1 aliphatic heterocycles. The van der Waals surface area contributed by atoms with Gasteiger partial charge in [-0.3, -0.25) is 14.3 Å². The highest BCUT2D eigenvalue weighted by Gasteiger charge is 2.27. The number of ether oxygens (including phenoxy) is 1. The van der Waals surface area contributed by atoms with Gasteiger partial charge in [0.2, 0.25) is 5.91 Å². The molecule has 2 heterocycles. The number of aromatic nitrogens is 2. The van der Waals surface area contributed by atoms with E-state index < -0.39 is 0 Å². The van der Waals surface area contributed by atoms with Gasteiger partial charge in [-0.1, -0.05) is 0 Å². The molecule has 1 aromatic rings. The molecule has 1 fully saturated rings. The highest BCUT2D eigenvalue weighted by molar-refractivity contribution is 5.77. The number of piperidine rings is 1. The number of hydrogen-bond acceptors (Lipinski definition) is 4. The van der Waals surface area contributed by atoms with E-state index in [1.807, 2.05) is 24.1 Å². The zero-order chi connectivity index (χ0) is 14.4. The van der Waals surface area contributed by atoms with E-state index in [1.54, 1.807) is 10.9 Å². The lowest BCUT2D eigenvalue weighted by molar-refractivity contribution is -0.151. The van der Waals surface area contributed by atoms with Crippen LogP contribution in [0.25, 0.3) is 0 Å². The standard InChI is InChI=1S/C14H21N3O3/c1-2-20-14(19)12-4-9-16(10-5-12)13(18)6-11-17-8-3-7-15-17/h3,7-8,12H,2,4-6,9-11H2,1H3. The molecule has 110 valence electrons. The van der Waals surface area contributed by atoms with Crippen LogP contribution in [0.4, 0.5) is 0 Å². The number of amides is 1. The SMILES string of the molecule is CCOC(=O)C1CCN(C(=O)CCn2cccn2)CC1. The number of aryl methyl sites for hydroxylation is 1. The Morgan fingerprint density at radius 2 is 2.10 bits per heavy atom. The molecule has 0 atom stereocenters. The van der Waals surface area contributed by atoms with E-state index >= 15 is 0 Å². The van der Waals surface area contributed by atoms with Crippen molar-refractivity contribution >= 4 is 11.9 Å². The van der Waals surface area contributed by atoms with E-state index in [2.05, 4.69) is 5.10 Å². The average molecular weight is 279 g/mol. The predicted molar refractivity (Wildman–Crippen MR) is 72.8 cm³/mol. The maximum Gasteiger partial charge on any atom is 0.309 e. The molecule has 1 aliphatic rings. The van der Waals surface area contributed by atoms with Crippen molar-refractivity contribution in [2.75, 3.05) is 19.7 Å². The van der Waals surface area contributed by atoms with E-state index in [1.165, 1.54) is 0 Å². The Hall–Kier alpha value is -1.85. The minimum Gasteiger partial charge on any atom is -0.466 e. The van der Waals surface area contributed by atoms with Crippen molar-refractivity contribution in [2.45, 2.75) is 32.7 Å². The second-order valence-electron chi connectivity index (χ2n) is 4.93. The molecule has 20 heavy (non-hydrogen) atoms. The van der Waals surface area contributed by atoms with E-state index in [-0.39, 0.29) is 17.8 Å². The molecule has 0 N–H and O–H groups in total. The van der Waals surface area contributed by atoms with Crippen LogP contribution in [0.1, 0.15) is 26.2 Å². The van der Waals surface area contributed by atoms with Gasteiger partial charge in [0.15, 0.2) is 0 Å². The van der Waals surface area contributed by atoms with Crippen molar-refractivity contribution in [1.82, 2.24) is 14.7 Å². The molecule has 6 heteroatoms. The molecule has 6 nitrogen and oxygen atoms in total. The van der Waals surface area contributed by atoms with Gasteiger partial charge in [0.05, 0.1) is 12.5 Å². The fraction of sp³-hybridized carbons (Fsp3) is 0.643. The monoisotopic (exact) mass is 279 g/mol. The second-order valence-corrected chi connectivity index (χ2v) is 4.93. The van der Waals surface area contributed by atoms with Crippen LogP contribution in [-0.2, 0) is 20.9 Å². The van der Waals surface area contributed by atoms with E-state index in [9.17, 15) is 9.59 Å². The summed E-state index contributed by atoms with van der Waals surface area (Å²) in [5, 5.41) is 4.07. The Bertz CT molecular complexity index is 437. The third kappa shape index (κ3) is 3.82. The lowest BCUT2D eigenvalue weighted by atomic mass is 9.97. The molecular formula is C14H21N3O3. The highest BCUT2D eigenvalue weighted by atomic mass is 16.5. The van der Waals surface area contributed by atoms with Gasteiger partial charge in [0.25, 0.3) is 0 Å². The summed E-state index contributed by atoms with van der Waals surface area (Å²) in [7, 11) is 0. The van der Waals surface area contributed by atoms with Crippen molar-refractivity contribution in [3.8, 4) is 0 Å². The summed E-state index contributed by atoms with van der Waals surface area (Å²) in [5.74, 6) is -0.0518. The molecule has 0 aromatic carbocycles. The minimum atomic E-state index is -0.129. The first-order chi connectivity index (χ1) is 9.70. The third-order valence-electron chi connectivity index (χ3n) is 3.58. The fourth-order valence-electron chi connectivity index (χ4n) is 2.43. The zero-order valence-corrected chi connectivity index (χ0v) is 11.8. The molecule has 2 rings (SSSR count). The van der Waals surface area contributed by atoms with Crippen molar-refractivity contribution in [3.63, 3.8) is 0 Å². The first kappa shape index (κ1) is 14.6. The third-order valence-corrected chi connectivity index (χ3v) is 3.58. The zero-order valence-electron chi connectivity index (χ0n) is 11.8. The summed E-state index contributed by atoms with van der Waals surface area (Å²) >= 11 is 0. The summed E-state index contributed by atoms with van der Waals surface area (Å²) in [5.41, 5.74) is 0. The number of nitrogens with zero attached hydrogens (tertiary/aromatic N) is 3. The van der Waals surface area contributed by atoms with Gasteiger partial charge >= 0.3 is 5.97 Å². The van der Waals surface area contributed by atoms with Crippen LogP contribution >= 0.6 is 0 Å². The summed E-state index contributed by atoms with van der Waals surface area (Å²) in [6.07, 6.45) is 5.40. The maximum atomic E-state index is 12.1. The summed E-state index contributed by atoms with van der Waals surface area (Å²) < 4.78 is 6.77. The van der Waals surface area contributed by atoms with Crippen LogP contribution in [0, 0.1) is 5.92 Å². The number of carbonyl (C=O) groups is 2. The van der Waals surface area contributed by atoms with E-state index in [0.717, 1.165) is 0 Å². The fourth-order valence-corrected chi connectivity index (χ4v) is 2.43. The van der Waals surface area contributed by atoms with Crippen LogP contribution in [-0.4, -0.2) is 46.3 Å². The molecule has 0 saturated carbocycles. The van der Waals surface area contributed by atoms with Gasteiger partial charge in [0, 0.05) is 38.4 Å². The Kier molecular flexibility index (Phi) is 5.15. The minimum absolute atomic E-state index is 0.0508. The van der Waals surface area contributed by atoms with Gasteiger partial charge < -0.3 is 9.64 Å². The maximum absolute atomic E-state index is 12.1. The molecule has 0 spiro atoms. The van der Waals surface area contributed by atoms with Crippen LogP contribution in [0.15, 0.2) is 18.5 Å². The molecular weight excluding hydrogens is 258 g/mol. The van der Waals surface area contributed by atoms with E-state index in [4.69, 9.17) is 4.74 Å². The van der Waals surface area contributed by atoms with Crippen molar-refractivity contribution < 1.29 is 14.3 Å². The molecule has 0 bridgehead atoms. The summed E-state index contributed by atoms with van der Waals surface area (Å²) in [6.45, 7) is 4.11. The smallest absolute Gasteiger partial charge is 0.309 e. The van der Waals surface area contributed by atoms with Crippen LogP contribution < -0.4 is 0 Å². The Balaban J connectivity index is 1.73. The number of esters is 1. The first-order valence-electron chi connectivity index (χ1n) is 7.12. The summed E-state index contributed by atoms with van der Waals surface area (Å²) in [6, 6.07) is 1.84. The Morgan fingerprint density at radius 3 is 2.70 bits per heavy atom. The molecule has 0 unspecified atom stereocenters. The van der Waals surface area contributed by atoms with E-state index in [0.29, 0.717) is 45.5 Å². The highest BCUT2D eigenvalue weighted by Crippen LogP contribution is 2.19. The van der Waals surface area contributed by atoms with Crippen molar-refractivity contribution in [1.29, 1.82) is 0 Å². The average Bonchev–Trinajstić information content (AvgIpc) is 2.98. The van der Waals surface area contributed by atoms with Crippen molar-refractivity contribution in [3.05, 3.63) is 18.5 Å². The Labute approximate surface area is 118 Å². The lowest BCUT2D eigenvalue weighted by Gasteiger charge is -2.31. The molecule has 1 amide bonds. The first-order valence-corrected chi connectivity index (χ1v) is 7.12. The largest absolute Gasteiger partial charge is 0.466 e. The topological polar surface area (TPSA) is 64.4 Å². The van der Waals surface area contributed by atoms with Crippen LogP contribution in [0.2, 0.25) is 0 Å². The number of rotatable bonds is 5. The number of hydrogen-bond donors (Lipinski definition) is 0. The second kappa shape index (κ2) is 7.07.